The van der Waals surface area contributed by atoms with Crippen LogP contribution in [0.4, 0.5) is 0 Å². The molecule has 0 radical (unpaired) electrons. The molecule has 0 aliphatic carbocycles. The van der Waals surface area contributed by atoms with Crippen molar-refractivity contribution in [2.75, 3.05) is 6.54 Å². The van der Waals surface area contributed by atoms with E-state index in [2.05, 4.69) is 5.10 Å². The Bertz CT molecular complexity index is 660. The monoisotopic (exact) mass is 295 g/mol. The summed E-state index contributed by atoms with van der Waals surface area (Å²) in [6, 6.07) is 10.1. The summed E-state index contributed by atoms with van der Waals surface area (Å²) < 4.78 is 1.80. The van der Waals surface area contributed by atoms with E-state index in [0.29, 0.717) is 0 Å². The summed E-state index contributed by atoms with van der Waals surface area (Å²) in [7, 11) is 1.91. The average molecular weight is 295 g/mol. The van der Waals surface area contributed by atoms with E-state index in [9.17, 15) is 4.79 Å². The fraction of sp³-hybridized carbons (Fsp3) is 0.333. The lowest BCUT2D eigenvalue weighted by molar-refractivity contribution is -0.129. The maximum absolute atomic E-state index is 12.6. The van der Waals surface area contributed by atoms with Gasteiger partial charge in [-0.25, -0.2) is 0 Å². The molecule has 1 fully saturated rings. The van der Waals surface area contributed by atoms with E-state index in [1.165, 1.54) is 0 Å². The third kappa shape index (κ3) is 3.27. The predicted octanol–water partition coefficient (Wildman–Crippen LogP) is 3.19. The molecule has 0 saturated carbocycles. The van der Waals surface area contributed by atoms with E-state index in [4.69, 9.17) is 0 Å². The minimum Gasteiger partial charge on any atom is -0.332 e. The molecule has 1 aliphatic heterocycles. The molecule has 1 aliphatic rings. The molecule has 3 rings (SSSR count). The van der Waals surface area contributed by atoms with Crippen LogP contribution in [0.25, 0.3) is 6.08 Å². The number of amides is 1. The second-order valence-electron chi connectivity index (χ2n) is 5.73. The summed E-state index contributed by atoms with van der Waals surface area (Å²) in [6.07, 6.45) is 10.7. The lowest BCUT2D eigenvalue weighted by Crippen LogP contribution is -2.37. The predicted molar refractivity (Wildman–Crippen MR) is 87.0 cm³/mol. The van der Waals surface area contributed by atoms with Gasteiger partial charge in [0.25, 0.3) is 0 Å². The molecule has 4 heteroatoms. The molecule has 0 N–H and O–H groups in total. The van der Waals surface area contributed by atoms with Gasteiger partial charge in [0.05, 0.1) is 12.2 Å². The normalized spacial score (nSPS) is 18.8. The Balaban J connectivity index is 1.75. The number of piperidine rings is 1. The fourth-order valence-corrected chi connectivity index (χ4v) is 2.98. The van der Waals surface area contributed by atoms with Gasteiger partial charge in [-0.1, -0.05) is 30.3 Å². The second kappa shape index (κ2) is 6.60. The highest BCUT2D eigenvalue weighted by atomic mass is 16.2. The van der Waals surface area contributed by atoms with Gasteiger partial charge in [-0.3, -0.25) is 9.48 Å². The standard InChI is InChI=1S/C18H21N3O/c1-20-14-16(13-19-20)17-9-5-6-12-21(17)18(22)11-10-15-7-3-2-4-8-15/h2-4,7-8,10-11,13-14,17H,5-6,9,12H2,1H3/b11-10+. The maximum atomic E-state index is 12.6. The van der Waals surface area contributed by atoms with Crippen LogP contribution in [0.15, 0.2) is 48.8 Å². The molecule has 1 saturated heterocycles. The summed E-state index contributed by atoms with van der Waals surface area (Å²) in [6.45, 7) is 0.817. The molecule has 22 heavy (non-hydrogen) atoms. The van der Waals surface area contributed by atoms with E-state index in [-0.39, 0.29) is 11.9 Å². The second-order valence-corrected chi connectivity index (χ2v) is 5.73. The zero-order valence-electron chi connectivity index (χ0n) is 12.9. The SMILES string of the molecule is Cn1cc(C2CCCCN2C(=O)/C=C/c2ccccc2)cn1. The van der Waals surface area contributed by atoms with Crippen molar-refractivity contribution in [2.24, 2.45) is 7.05 Å². The highest BCUT2D eigenvalue weighted by Gasteiger charge is 2.27. The molecular formula is C18H21N3O. The van der Waals surface area contributed by atoms with E-state index in [0.717, 1.165) is 36.9 Å². The smallest absolute Gasteiger partial charge is 0.247 e. The van der Waals surface area contributed by atoms with Gasteiger partial charge >= 0.3 is 0 Å². The molecule has 0 bridgehead atoms. The van der Waals surface area contributed by atoms with Crippen molar-refractivity contribution in [2.45, 2.75) is 25.3 Å². The van der Waals surface area contributed by atoms with Gasteiger partial charge < -0.3 is 4.90 Å². The summed E-state index contributed by atoms with van der Waals surface area (Å²) in [5, 5.41) is 4.24. The topological polar surface area (TPSA) is 38.1 Å². The number of carbonyl (C=O) groups excluding carboxylic acids is 1. The molecule has 2 aromatic rings. The van der Waals surface area contributed by atoms with Gasteiger partial charge in [0.2, 0.25) is 5.91 Å². The Hall–Kier alpha value is -2.36. The van der Waals surface area contributed by atoms with Gasteiger partial charge in [0.15, 0.2) is 0 Å². The highest BCUT2D eigenvalue weighted by molar-refractivity contribution is 5.92. The quantitative estimate of drug-likeness (QED) is 0.816. The third-order valence-electron chi connectivity index (χ3n) is 4.11. The van der Waals surface area contributed by atoms with Crippen LogP contribution in [0.5, 0.6) is 0 Å². The third-order valence-corrected chi connectivity index (χ3v) is 4.11. The summed E-state index contributed by atoms with van der Waals surface area (Å²) >= 11 is 0. The average Bonchev–Trinajstić information content (AvgIpc) is 3.00. The Morgan fingerprint density at radius 2 is 2.09 bits per heavy atom. The maximum Gasteiger partial charge on any atom is 0.247 e. The first kappa shape index (κ1) is 14.6. The lowest BCUT2D eigenvalue weighted by Gasteiger charge is -2.34. The van der Waals surface area contributed by atoms with Crippen molar-refractivity contribution in [3.8, 4) is 0 Å². The van der Waals surface area contributed by atoms with Crippen molar-refractivity contribution in [1.82, 2.24) is 14.7 Å². The molecule has 114 valence electrons. The van der Waals surface area contributed by atoms with Gasteiger partial charge in [0, 0.05) is 31.4 Å². The van der Waals surface area contributed by atoms with E-state index in [1.54, 1.807) is 10.8 Å². The molecular weight excluding hydrogens is 274 g/mol. The van der Waals surface area contributed by atoms with E-state index >= 15 is 0 Å². The molecule has 4 nitrogen and oxygen atoms in total. The molecule has 2 heterocycles. The molecule has 1 unspecified atom stereocenters. The van der Waals surface area contributed by atoms with Crippen molar-refractivity contribution < 1.29 is 4.79 Å². The molecule has 1 aromatic heterocycles. The van der Waals surface area contributed by atoms with E-state index in [1.807, 2.05) is 60.7 Å². The summed E-state index contributed by atoms with van der Waals surface area (Å²) in [5.41, 5.74) is 2.18. The van der Waals surface area contributed by atoms with Gasteiger partial charge in [0.1, 0.15) is 0 Å². The number of rotatable bonds is 3. The highest BCUT2D eigenvalue weighted by Crippen LogP contribution is 2.30. The molecule has 1 aromatic carbocycles. The lowest BCUT2D eigenvalue weighted by atomic mass is 9.97. The van der Waals surface area contributed by atoms with Crippen molar-refractivity contribution in [3.63, 3.8) is 0 Å². The number of benzene rings is 1. The first-order valence-corrected chi connectivity index (χ1v) is 7.76. The Morgan fingerprint density at radius 1 is 1.27 bits per heavy atom. The molecule has 1 amide bonds. The van der Waals surface area contributed by atoms with Gasteiger partial charge in [-0.2, -0.15) is 5.10 Å². The van der Waals surface area contributed by atoms with Crippen LogP contribution in [-0.2, 0) is 11.8 Å². The van der Waals surface area contributed by atoms with Crippen LogP contribution < -0.4 is 0 Å². The number of nitrogens with zero attached hydrogens (tertiary/aromatic N) is 3. The zero-order valence-corrected chi connectivity index (χ0v) is 12.9. The van der Waals surface area contributed by atoms with Crippen LogP contribution in [0, 0.1) is 0 Å². The number of aromatic nitrogens is 2. The first-order valence-electron chi connectivity index (χ1n) is 7.76. The number of likely N-dealkylation sites (tertiary alicyclic amines) is 1. The van der Waals surface area contributed by atoms with Crippen LogP contribution in [-0.4, -0.2) is 27.1 Å². The Labute approximate surface area is 131 Å². The fourth-order valence-electron chi connectivity index (χ4n) is 2.98. The first-order chi connectivity index (χ1) is 10.7. The minimum absolute atomic E-state index is 0.0809. The number of carbonyl (C=O) groups is 1. The van der Waals surface area contributed by atoms with Gasteiger partial charge in [-0.05, 0) is 30.9 Å². The Morgan fingerprint density at radius 3 is 2.82 bits per heavy atom. The summed E-state index contributed by atoms with van der Waals surface area (Å²) in [4.78, 5) is 14.5. The Kier molecular flexibility index (Phi) is 4.37. The van der Waals surface area contributed by atoms with Crippen LogP contribution in [0.2, 0.25) is 0 Å². The van der Waals surface area contributed by atoms with Crippen molar-refractivity contribution in [3.05, 3.63) is 59.9 Å². The largest absolute Gasteiger partial charge is 0.332 e. The zero-order chi connectivity index (χ0) is 15.4. The molecule has 0 spiro atoms. The van der Waals surface area contributed by atoms with E-state index < -0.39 is 0 Å². The minimum atomic E-state index is 0.0809. The number of hydrogen-bond acceptors (Lipinski definition) is 2. The van der Waals surface area contributed by atoms with Crippen LogP contribution in [0.3, 0.4) is 0 Å². The van der Waals surface area contributed by atoms with Gasteiger partial charge in [-0.15, -0.1) is 0 Å². The van der Waals surface area contributed by atoms with Crippen molar-refractivity contribution in [1.29, 1.82) is 0 Å². The van der Waals surface area contributed by atoms with Crippen LogP contribution in [0.1, 0.15) is 36.4 Å². The summed E-state index contributed by atoms with van der Waals surface area (Å²) in [5.74, 6) is 0.0809. The van der Waals surface area contributed by atoms with Crippen molar-refractivity contribution >= 4 is 12.0 Å². The van der Waals surface area contributed by atoms with Crippen LogP contribution >= 0.6 is 0 Å². The number of aryl methyl sites for hydroxylation is 1. The molecule has 1 atom stereocenters. The number of hydrogen-bond donors (Lipinski definition) is 0.